The van der Waals surface area contributed by atoms with Gasteiger partial charge in [-0.15, -0.1) is 11.8 Å². The zero-order chi connectivity index (χ0) is 15.5. The van der Waals surface area contributed by atoms with Gasteiger partial charge >= 0.3 is 6.03 Å². The van der Waals surface area contributed by atoms with E-state index in [0.717, 1.165) is 0 Å². The van der Waals surface area contributed by atoms with Crippen molar-refractivity contribution in [3.05, 3.63) is 48.7 Å². The van der Waals surface area contributed by atoms with Crippen molar-refractivity contribution < 1.29 is 13.2 Å². The summed E-state index contributed by atoms with van der Waals surface area (Å²) in [5.41, 5.74) is 5.24. The Morgan fingerprint density at radius 2 is 1.86 bits per heavy atom. The molecule has 2 aromatic rings. The molecular formula is C13H13N3O3S2. The van der Waals surface area contributed by atoms with Crippen LogP contribution in [0.5, 0.6) is 0 Å². The Morgan fingerprint density at radius 3 is 2.43 bits per heavy atom. The largest absolute Gasteiger partial charge is 0.350 e. The fraction of sp³-hybridized carbons (Fsp3) is 0.0769. The summed E-state index contributed by atoms with van der Waals surface area (Å²) >= 11 is 1.27. The lowest BCUT2D eigenvalue weighted by molar-refractivity contribution is 0.256. The molecule has 0 spiro atoms. The van der Waals surface area contributed by atoms with Crippen LogP contribution in [-0.4, -0.2) is 25.7 Å². The number of primary amides is 1. The number of pyridine rings is 1. The molecule has 0 radical (unpaired) electrons. The van der Waals surface area contributed by atoms with Crippen LogP contribution in [0.15, 0.2) is 58.5 Å². The summed E-state index contributed by atoms with van der Waals surface area (Å²) in [5, 5.41) is 0. The molecule has 0 bridgehead atoms. The van der Waals surface area contributed by atoms with Crippen LogP contribution in [0.3, 0.4) is 0 Å². The van der Waals surface area contributed by atoms with Crippen LogP contribution in [-0.2, 0) is 10.0 Å². The van der Waals surface area contributed by atoms with Crippen LogP contribution in [0.1, 0.15) is 0 Å². The third-order valence-corrected chi connectivity index (χ3v) is 5.33. The molecule has 0 saturated carbocycles. The van der Waals surface area contributed by atoms with E-state index in [1.165, 1.54) is 30.1 Å². The Hall–Kier alpha value is -2.06. The lowest BCUT2D eigenvalue weighted by atomic mass is 10.4. The van der Waals surface area contributed by atoms with Crippen molar-refractivity contribution in [1.29, 1.82) is 0 Å². The minimum atomic E-state index is -4.12. The second kappa shape index (κ2) is 6.15. The smallest absolute Gasteiger partial charge is 0.334 e. The third kappa shape index (κ3) is 3.01. The maximum Gasteiger partial charge on any atom is 0.334 e. The Kier molecular flexibility index (Phi) is 4.49. The number of hydrogen-bond acceptors (Lipinski definition) is 5. The van der Waals surface area contributed by atoms with E-state index in [9.17, 15) is 13.2 Å². The predicted octanol–water partition coefficient (Wildman–Crippen LogP) is 2.08. The number of urea groups is 1. The summed E-state index contributed by atoms with van der Waals surface area (Å²) in [7, 11) is -4.12. The molecule has 1 heterocycles. The summed E-state index contributed by atoms with van der Waals surface area (Å²) in [6.45, 7) is 0. The number of sulfonamides is 1. The van der Waals surface area contributed by atoms with E-state index >= 15 is 0 Å². The fourth-order valence-corrected chi connectivity index (χ4v) is 4.17. The normalized spacial score (nSPS) is 11.1. The molecule has 0 aliphatic heterocycles. The van der Waals surface area contributed by atoms with Gasteiger partial charge < -0.3 is 5.73 Å². The van der Waals surface area contributed by atoms with Gasteiger partial charge in [0.25, 0.3) is 10.0 Å². The average Bonchev–Trinajstić information content (AvgIpc) is 2.47. The molecule has 2 N–H and O–H groups in total. The molecule has 0 atom stereocenters. The first-order chi connectivity index (χ1) is 9.98. The molecule has 0 unspecified atom stereocenters. The molecule has 1 aromatic carbocycles. The molecule has 0 aliphatic carbocycles. The summed E-state index contributed by atoms with van der Waals surface area (Å²) in [4.78, 5) is 16.1. The number of benzene rings is 1. The Bertz CT molecular complexity index is 748. The molecule has 1 aromatic heterocycles. The predicted molar refractivity (Wildman–Crippen MR) is 81.7 cm³/mol. The summed E-state index contributed by atoms with van der Waals surface area (Å²) in [5.74, 6) is -0.0408. The maximum absolute atomic E-state index is 12.7. The summed E-state index contributed by atoms with van der Waals surface area (Å²) in [6.07, 6.45) is 3.14. The van der Waals surface area contributed by atoms with E-state index in [2.05, 4.69) is 4.98 Å². The number of carbonyl (C=O) groups is 1. The van der Waals surface area contributed by atoms with E-state index in [4.69, 9.17) is 5.73 Å². The summed E-state index contributed by atoms with van der Waals surface area (Å²) in [6, 6.07) is 9.90. The lowest BCUT2D eigenvalue weighted by Crippen LogP contribution is -2.41. The number of amides is 2. The van der Waals surface area contributed by atoms with Crippen molar-refractivity contribution in [2.45, 2.75) is 9.79 Å². The standard InChI is InChI=1S/C13H13N3O3S2/c1-20-10-6-2-3-7-11(10)21(18,19)16(13(14)17)12-8-4-5-9-15-12/h2-9H,1H3,(H2,14,17). The molecule has 8 heteroatoms. The highest BCUT2D eigenvalue weighted by molar-refractivity contribution is 8.00. The highest BCUT2D eigenvalue weighted by atomic mass is 32.2. The number of carbonyl (C=O) groups excluding carboxylic acids is 1. The number of nitrogens with zero attached hydrogens (tertiary/aromatic N) is 2. The van der Waals surface area contributed by atoms with Crippen LogP contribution in [0.2, 0.25) is 0 Å². The van der Waals surface area contributed by atoms with E-state index in [0.29, 0.717) is 9.20 Å². The van der Waals surface area contributed by atoms with Crippen LogP contribution in [0.25, 0.3) is 0 Å². The highest BCUT2D eigenvalue weighted by Gasteiger charge is 2.32. The molecule has 2 rings (SSSR count). The van der Waals surface area contributed by atoms with Gasteiger partial charge in [0, 0.05) is 11.1 Å². The second-order valence-corrected chi connectivity index (χ2v) is 6.55. The number of nitrogens with two attached hydrogens (primary N) is 1. The van der Waals surface area contributed by atoms with Crippen molar-refractivity contribution >= 4 is 33.6 Å². The SMILES string of the molecule is CSc1ccccc1S(=O)(=O)N(C(N)=O)c1ccccn1. The number of thioether (sulfide) groups is 1. The molecular weight excluding hydrogens is 310 g/mol. The van der Waals surface area contributed by atoms with Crippen LogP contribution >= 0.6 is 11.8 Å². The maximum atomic E-state index is 12.7. The first-order valence-corrected chi connectivity index (χ1v) is 8.54. The Morgan fingerprint density at radius 1 is 1.19 bits per heavy atom. The Balaban J connectivity index is 2.62. The molecule has 21 heavy (non-hydrogen) atoms. The molecule has 110 valence electrons. The number of anilines is 1. The van der Waals surface area contributed by atoms with Gasteiger partial charge in [-0.25, -0.2) is 18.2 Å². The first-order valence-electron chi connectivity index (χ1n) is 5.87. The van der Waals surface area contributed by atoms with Gasteiger partial charge in [0.2, 0.25) is 0 Å². The highest BCUT2D eigenvalue weighted by Crippen LogP contribution is 2.29. The lowest BCUT2D eigenvalue weighted by Gasteiger charge is -2.20. The van der Waals surface area contributed by atoms with Crippen molar-refractivity contribution in [2.24, 2.45) is 5.73 Å². The van der Waals surface area contributed by atoms with Crippen molar-refractivity contribution in [2.75, 3.05) is 10.6 Å². The van der Waals surface area contributed by atoms with Gasteiger partial charge in [0.1, 0.15) is 4.90 Å². The average molecular weight is 323 g/mol. The fourth-order valence-electron chi connectivity index (χ4n) is 1.76. The van der Waals surface area contributed by atoms with E-state index in [1.54, 1.807) is 36.6 Å². The van der Waals surface area contributed by atoms with Crippen molar-refractivity contribution in [1.82, 2.24) is 4.98 Å². The van der Waals surface area contributed by atoms with Gasteiger partial charge in [-0.05, 0) is 30.5 Å². The number of hydrogen-bond donors (Lipinski definition) is 1. The zero-order valence-corrected chi connectivity index (χ0v) is 12.8. The minimum Gasteiger partial charge on any atom is -0.350 e. The number of rotatable bonds is 4. The molecule has 6 nitrogen and oxygen atoms in total. The van der Waals surface area contributed by atoms with Crippen molar-refractivity contribution in [3.8, 4) is 0 Å². The van der Waals surface area contributed by atoms with Gasteiger partial charge in [-0.3, -0.25) is 0 Å². The minimum absolute atomic E-state index is 0.0157. The van der Waals surface area contributed by atoms with Gasteiger partial charge in [0.15, 0.2) is 5.82 Å². The molecule has 0 aliphatic rings. The molecule has 0 saturated heterocycles. The first kappa shape index (κ1) is 15.3. The van der Waals surface area contributed by atoms with Crippen molar-refractivity contribution in [3.63, 3.8) is 0 Å². The van der Waals surface area contributed by atoms with E-state index in [-0.39, 0.29) is 10.7 Å². The second-order valence-electron chi connectivity index (χ2n) is 3.95. The van der Waals surface area contributed by atoms with Gasteiger partial charge in [0.05, 0.1) is 0 Å². The van der Waals surface area contributed by atoms with E-state index in [1.807, 2.05) is 0 Å². The molecule has 2 amide bonds. The quantitative estimate of drug-likeness (QED) is 0.869. The number of aromatic nitrogens is 1. The van der Waals surface area contributed by atoms with E-state index < -0.39 is 16.1 Å². The van der Waals surface area contributed by atoms with Crippen LogP contribution in [0.4, 0.5) is 10.6 Å². The van der Waals surface area contributed by atoms with Gasteiger partial charge in [-0.1, -0.05) is 18.2 Å². The van der Waals surface area contributed by atoms with Crippen LogP contribution in [0, 0.1) is 0 Å². The topological polar surface area (TPSA) is 93.4 Å². The monoisotopic (exact) mass is 323 g/mol. The van der Waals surface area contributed by atoms with Gasteiger partial charge in [-0.2, -0.15) is 4.31 Å². The Labute approximate surface area is 127 Å². The third-order valence-electron chi connectivity index (χ3n) is 2.64. The summed E-state index contributed by atoms with van der Waals surface area (Å²) < 4.78 is 26.0. The molecule has 0 fully saturated rings. The zero-order valence-electron chi connectivity index (χ0n) is 11.1. The van der Waals surface area contributed by atoms with Crippen LogP contribution < -0.4 is 10.0 Å².